The average Bonchev–Trinajstić information content (AvgIpc) is 3.03. The van der Waals surface area contributed by atoms with Gasteiger partial charge in [0.25, 0.3) is 0 Å². The summed E-state index contributed by atoms with van der Waals surface area (Å²) in [6.07, 6.45) is 2.73. The predicted octanol–water partition coefficient (Wildman–Crippen LogP) is 3.01. The zero-order valence-corrected chi connectivity index (χ0v) is 12.2. The van der Waals surface area contributed by atoms with Crippen molar-refractivity contribution in [1.29, 1.82) is 0 Å². The highest BCUT2D eigenvalue weighted by Crippen LogP contribution is 2.23. The first-order valence-electron chi connectivity index (χ1n) is 7.25. The molecule has 4 heteroatoms. The molecule has 0 aliphatic rings. The van der Waals surface area contributed by atoms with E-state index in [0.29, 0.717) is 12.2 Å². The van der Waals surface area contributed by atoms with E-state index in [1.165, 1.54) is 0 Å². The first kappa shape index (κ1) is 15.3. The van der Waals surface area contributed by atoms with E-state index in [-0.39, 0.29) is 24.5 Å². The number of carbonyl (C=O) groups excluding carboxylic acids is 1. The molecule has 0 aliphatic carbocycles. The van der Waals surface area contributed by atoms with Gasteiger partial charge in [-0.3, -0.25) is 4.79 Å². The zero-order valence-electron chi connectivity index (χ0n) is 12.2. The van der Waals surface area contributed by atoms with Gasteiger partial charge in [-0.1, -0.05) is 37.3 Å². The zero-order chi connectivity index (χ0) is 15.1. The number of aliphatic hydroxyl groups excluding tert-OH is 1. The third-order valence-electron chi connectivity index (χ3n) is 3.55. The minimum Gasteiger partial charge on any atom is -0.467 e. The van der Waals surface area contributed by atoms with E-state index < -0.39 is 0 Å². The second-order valence-corrected chi connectivity index (χ2v) is 4.96. The van der Waals surface area contributed by atoms with E-state index in [0.717, 1.165) is 12.0 Å². The van der Waals surface area contributed by atoms with Gasteiger partial charge in [-0.05, 0) is 30.5 Å². The van der Waals surface area contributed by atoms with Gasteiger partial charge >= 0.3 is 0 Å². The van der Waals surface area contributed by atoms with E-state index in [4.69, 9.17) is 9.52 Å². The Labute approximate surface area is 124 Å². The van der Waals surface area contributed by atoms with Crippen LogP contribution in [0.25, 0.3) is 0 Å². The van der Waals surface area contributed by atoms with Crippen molar-refractivity contribution < 1.29 is 14.3 Å². The fraction of sp³-hybridized carbons (Fsp3) is 0.353. The lowest BCUT2D eigenvalue weighted by molar-refractivity contribution is -0.123. The summed E-state index contributed by atoms with van der Waals surface area (Å²) in [7, 11) is 0. The van der Waals surface area contributed by atoms with Gasteiger partial charge in [0.05, 0.1) is 18.2 Å². The number of rotatable bonds is 7. The molecular formula is C17H21NO3. The highest BCUT2D eigenvalue weighted by atomic mass is 16.3. The van der Waals surface area contributed by atoms with E-state index in [1.54, 1.807) is 12.3 Å². The summed E-state index contributed by atoms with van der Waals surface area (Å²) in [5.41, 5.74) is 1.000. The van der Waals surface area contributed by atoms with Gasteiger partial charge < -0.3 is 14.8 Å². The van der Waals surface area contributed by atoms with Crippen LogP contribution in [0.2, 0.25) is 0 Å². The summed E-state index contributed by atoms with van der Waals surface area (Å²) >= 11 is 0. The maximum absolute atomic E-state index is 12.5. The van der Waals surface area contributed by atoms with E-state index in [9.17, 15) is 4.79 Å². The minimum atomic E-state index is -0.296. The molecule has 21 heavy (non-hydrogen) atoms. The number of hydrogen-bond donors (Lipinski definition) is 2. The molecule has 4 nitrogen and oxygen atoms in total. The molecule has 0 bridgehead atoms. The van der Waals surface area contributed by atoms with E-state index >= 15 is 0 Å². The Morgan fingerprint density at radius 3 is 2.57 bits per heavy atom. The number of carbonyl (C=O) groups is 1. The summed E-state index contributed by atoms with van der Waals surface area (Å²) in [6.45, 7) is 1.99. The summed E-state index contributed by atoms with van der Waals surface area (Å²) in [6, 6.07) is 13.0. The first-order valence-corrected chi connectivity index (χ1v) is 7.25. The molecule has 2 N–H and O–H groups in total. The molecule has 1 aromatic heterocycles. The summed E-state index contributed by atoms with van der Waals surface area (Å²) < 4.78 is 5.34. The Bertz CT molecular complexity index is 536. The van der Waals surface area contributed by atoms with Crippen LogP contribution < -0.4 is 5.32 Å². The van der Waals surface area contributed by atoms with Gasteiger partial charge in [-0.25, -0.2) is 0 Å². The molecule has 0 aliphatic heterocycles. The van der Waals surface area contributed by atoms with Crippen LogP contribution in [0, 0.1) is 0 Å². The van der Waals surface area contributed by atoms with E-state index in [1.807, 2.05) is 43.3 Å². The van der Waals surface area contributed by atoms with Crippen molar-refractivity contribution in [3.63, 3.8) is 0 Å². The molecular weight excluding hydrogens is 266 g/mol. The highest BCUT2D eigenvalue weighted by Gasteiger charge is 2.23. The molecule has 0 spiro atoms. The van der Waals surface area contributed by atoms with Crippen LogP contribution in [0.15, 0.2) is 53.1 Å². The largest absolute Gasteiger partial charge is 0.467 e. The van der Waals surface area contributed by atoms with Crippen molar-refractivity contribution in [3.8, 4) is 0 Å². The Morgan fingerprint density at radius 1 is 1.24 bits per heavy atom. The van der Waals surface area contributed by atoms with E-state index in [2.05, 4.69) is 5.32 Å². The Hall–Kier alpha value is -2.07. The number of nitrogens with one attached hydrogen (secondary N) is 1. The molecule has 2 rings (SSSR count). The lowest BCUT2D eigenvalue weighted by atomic mass is 9.95. The van der Waals surface area contributed by atoms with Crippen molar-refractivity contribution in [2.45, 2.75) is 31.7 Å². The smallest absolute Gasteiger partial charge is 0.228 e. The summed E-state index contributed by atoms with van der Waals surface area (Å²) in [5, 5.41) is 12.1. The van der Waals surface area contributed by atoms with Gasteiger partial charge in [0, 0.05) is 6.61 Å². The number of furan rings is 1. The average molecular weight is 287 g/mol. The third kappa shape index (κ3) is 3.95. The molecule has 0 unspecified atom stereocenters. The number of aliphatic hydroxyl groups is 1. The van der Waals surface area contributed by atoms with Crippen LogP contribution in [0.3, 0.4) is 0 Å². The fourth-order valence-electron chi connectivity index (χ4n) is 2.43. The lowest BCUT2D eigenvalue weighted by Gasteiger charge is -2.20. The summed E-state index contributed by atoms with van der Waals surface area (Å²) in [5.74, 6) is 0.432. The molecule has 0 saturated carbocycles. The third-order valence-corrected chi connectivity index (χ3v) is 3.55. The summed E-state index contributed by atoms with van der Waals surface area (Å²) in [4.78, 5) is 12.5. The number of amides is 1. The molecule has 2 aromatic rings. The molecule has 2 atom stereocenters. The van der Waals surface area contributed by atoms with Gasteiger partial charge in [0.15, 0.2) is 0 Å². The van der Waals surface area contributed by atoms with Gasteiger partial charge in [0.2, 0.25) is 5.91 Å². The topological polar surface area (TPSA) is 62.5 Å². The van der Waals surface area contributed by atoms with Crippen LogP contribution in [0.5, 0.6) is 0 Å². The Balaban J connectivity index is 2.10. The Morgan fingerprint density at radius 2 is 2.00 bits per heavy atom. The second kappa shape index (κ2) is 7.64. The fourth-order valence-corrected chi connectivity index (χ4v) is 2.43. The van der Waals surface area contributed by atoms with Crippen molar-refractivity contribution in [2.75, 3.05) is 6.61 Å². The predicted molar refractivity (Wildman–Crippen MR) is 80.8 cm³/mol. The van der Waals surface area contributed by atoms with Gasteiger partial charge in [0.1, 0.15) is 5.76 Å². The van der Waals surface area contributed by atoms with Gasteiger partial charge in [-0.2, -0.15) is 0 Å². The second-order valence-electron chi connectivity index (χ2n) is 4.96. The van der Waals surface area contributed by atoms with Crippen molar-refractivity contribution in [3.05, 3.63) is 60.1 Å². The van der Waals surface area contributed by atoms with Crippen LogP contribution in [0.4, 0.5) is 0 Å². The van der Waals surface area contributed by atoms with Crippen LogP contribution >= 0.6 is 0 Å². The van der Waals surface area contributed by atoms with Crippen molar-refractivity contribution in [2.24, 2.45) is 0 Å². The first-order chi connectivity index (χ1) is 10.3. The molecule has 1 amide bonds. The van der Waals surface area contributed by atoms with Crippen LogP contribution in [-0.4, -0.2) is 17.6 Å². The monoisotopic (exact) mass is 287 g/mol. The van der Waals surface area contributed by atoms with Crippen LogP contribution in [0.1, 0.15) is 43.0 Å². The van der Waals surface area contributed by atoms with Crippen LogP contribution in [-0.2, 0) is 4.79 Å². The molecule has 0 saturated heterocycles. The lowest BCUT2D eigenvalue weighted by Crippen LogP contribution is -2.33. The maximum Gasteiger partial charge on any atom is 0.228 e. The Kier molecular flexibility index (Phi) is 5.58. The van der Waals surface area contributed by atoms with Crippen molar-refractivity contribution in [1.82, 2.24) is 5.32 Å². The molecule has 1 heterocycles. The van der Waals surface area contributed by atoms with Crippen molar-refractivity contribution >= 4 is 5.91 Å². The number of hydrogen-bond acceptors (Lipinski definition) is 3. The normalized spacial score (nSPS) is 13.6. The molecule has 1 aromatic carbocycles. The molecule has 0 radical (unpaired) electrons. The maximum atomic E-state index is 12.5. The molecule has 112 valence electrons. The quantitative estimate of drug-likeness (QED) is 0.823. The van der Waals surface area contributed by atoms with Gasteiger partial charge in [-0.15, -0.1) is 0 Å². The highest BCUT2D eigenvalue weighted by molar-refractivity contribution is 5.83. The molecule has 0 fully saturated rings. The standard InChI is InChI=1S/C17H21NO3/c1-2-14(13-7-4-3-5-8-13)17(20)18-15(10-11-19)16-9-6-12-21-16/h3-9,12,14-15,19H,2,10-11H2,1H3,(H,18,20)/t14-,15+/m0/s1. The SMILES string of the molecule is CC[C@H](C(=O)N[C@H](CCO)c1ccco1)c1ccccc1. The number of benzene rings is 1. The minimum absolute atomic E-state index is 0.00618.